The second kappa shape index (κ2) is 7.93. The number of nitrogens with one attached hydrogen (secondary N) is 1. The average molecular weight is 355 g/mol. The van der Waals surface area contributed by atoms with Gasteiger partial charge in [0.1, 0.15) is 6.33 Å². The highest BCUT2D eigenvalue weighted by Gasteiger charge is 2.11. The third-order valence-electron chi connectivity index (χ3n) is 4.51. The highest BCUT2D eigenvalue weighted by atomic mass is 15.1. The number of H-pyrrole nitrogens is 1. The summed E-state index contributed by atoms with van der Waals surface area (Å²) in [6.07, 6.45) is 5.26. The van der Waals surface area contributed by atoms with E-state index in [9.17, 15) is 0 Å². The number of benzene rings is 2. The van der Waals surface area contributed by atoms with Crippen molar-refractivity contribution >= 4 is 0 Å². The Kier molecular flexibility index (Phi) is 5.03. The molecule has 0 amide bonds. The summed E-state index contributed by atoms with van der Waals surface area (Å²) in [5, 5.41) is 7.41. The van der Waals surface area contributed by atoms with Gasteiger partial charge in [-0.25, -0.2) is 9.97 Å². The lowest BCUT2D eigenvalue weighted by molar-refractivity contribution is 0.315. The summed E-state index contributed by atoms with van der Waals surface area (Å²) in [6, 6.07) is 20.9. The van der Waals surface area contributed by atoms with Crippen molar-refractivity contribution in [3.05, 3.63) is 90.6 Å². The Morgan fingerprint density at radius 1 is 0.852 bits per heavy atom. The average Bonchev–Trinajstić information content (AvgIpc) is 3.17. The van der Waals surface area contributed by atoms with Crippen LogP contribution in [-0.4, -0.2) is 32.1 Å². The largest absolute Gasteiger partial charge is 0.296 e. The van der Waals surface area contributed by atoms with E-state index in [0.717, 1.165) is 30.0 Å². The van der Waals surface area contributed by atoms with Gasteiger partial charge in [0.05, 0.1) is 17.6 Å². The van der Waals surface area contributed by atoms with Gasteiger partial charge < -0.3 is 0 Å². The third-order valence-corrected chi connectivity index (χ3v) is 4.51. The molecule has 0 saturated heterocycles. The molecule has 4 rings (SSSR count). The predicted octanol–water partition coefficient (Wildman–Crippen LogP) is 4.17. The highest BCUT2D eigenvalue weighted by molar-refractivity contribution is 5.69. The van der Waals surface area contributed by atoms with Crippen molar-refractivity contribution in [2.75, 3.05) is 7.05 Å². The molecule has 2 aromatic carbocycles. The first-order chi connectivity index (χ1) is 13.3. The molecule has 0 fully saturated rings. The first-order valence-corrected chi connectivity index (χ1v) is 8.91. The van der Waals surface area contributed by atoms with E-state index in [2.05, 4.69) is 80.6 Å². The number of hydrogen-bond acceptors (Lipinski definition) is 4. The maximum Gasteiger partial charge on any atom is 0.115 e. The van der Waals surface area contributed by atoms with Gasteiger partial charge in [-0.05, 0) is 29.8 Å². The smallest absolute Gasteiger partial charge is 0.115 e. The van der Waals surface area contributed by atoms with E-state index in [1.165, 1.54) is 16.7 Å². The Morgan fingerprint density at radius 2 is 1.59 bits per heavy atom. The van der Waals surface area contributed by atoms with Crippen molar-refractivity contribution in [2.24, 2.45) is 0 Å². The number of rotatable bonds is 6. The molecule has 0 bridgehead atoms. The number of nitrogens with zero attached hydrogens (tertiary/aromatic N) is 4. The lowest BCUT2D eigenvalue weighted by Crippen LogP contribution is -2.18. The molecule has 0 unspecified atom stereocenters. The van der Waals surface area contributed by atoms with E-state index in [-0.39, 0.29) is 0 Å². The predicted molar refractivity (Wildman–Crippen MR) is 107 cm³/mol. The minimum atomic E-state index is 0.764. The molecule has 2 aromatic heterocycles. The van der Waals surface area contributed by atoms with Gasteiger partial charge in [-0.3, -0.25) is 10.00 Å². The summed E-state index contributed by atoms with van der Waals surface area (Å²) in [5.41, 5.74) is 6.80. The molecule has 134 valence electrons. The van der Waals surface area contributed by atoms with Crippen LogP contribution in [0.1, 0.15) is 11.3 Å². The molecular weight excluding hydrogens is 334 g/mol. The van der Waals surface area contributed by atoms with Crippen LogP contribution in [0.4, 0.5) is 0 Å². The summed E-state index contributed by atoms with van der Waals surface area (Å²) >= 11 is 0. The van der Waals surface area contributed by atoms with Crippen LogP contribution in [0.3, 0.4) is 0 Å². The van der Waals surface area contributed by atoms with Crippen LogP contribution < -0.4 is 0 Å². The van der Waals surface area contributed by atoms with Gasteiger partial charge in [0.25, 0.3) is 0 Å². The van der Waals surface area contributed by atoms with Gasteiger partial charge >= 0.3 is 0 Å². The van der Waals surface area contributed by atoms with Crippen LogP contribution in [0.15, 0.2) is 79.4 Å². The molecule has 5 nitrogen and oxygen atoms in total. The fourth-order valence-corrected chi connectivity index (χ4v) is 3.18. The summed E-state index contributed by atoms with van der Waals surface area (Å²) in [5.74, 6) is 0. The van der Waals surface area contributed by atoms with Gasteiger partial charge in [-0.1, -0.05) is 54.6 Å². The van der Waals surface area contributed by atoms with Gasteiger partial charge in [-0.15, -0.1) is 0 Å². The second-order valence-corrected chi connectivity index (χ2v) is 6.59. The molecule has 0 spiro atoms. The van der Waals surface area contributed by atoms with Gasteiger partial charge in [0, 0.05) is 24.8 Å². The van der Waals surface area contributed by atoms with Gasteiger partial charge in [0.15, 0.2) is 0 Å². The quantitative estimate of drug-likeness (QED) is 0.564. The molecule has 1 N–H and O–H groups in total. The monoisotopic (exact) mass is 355 g/mol. The molecule has 0 radical (unpaired) electrons. The van der Waals surface area contributed by atoms with Crippen molar-refractivity contribution in [1.29, 1.82) is 0 Å². The zero-order valence-electron chi connectivity index (χ0n) is 15.2. The van der Waals surface area contributed by atoms with Crippen LogP contribution in [0.5, 0.6) is 0 Å². The Labute approximate surface area is 158 Å². The highest BCUT2D eigenvalue weighted by Crippen LogP contribution is 2.26. The molecule has 0 atom stereocenters. The Morgan fingerprint density at radius 3 is 2.33 bits per heavy atom. The lowest BCUT2D eigenvalue weighted by Gasteiger charge is -2.16. The van der Waals surface area contributed by atoms with Gasteiger partial charge in [-0.2, -0.15) is 5.10 Å². The van der Waals surface area contributed by atoms with E-state index in [4.69, 9.17) is 0 Å². The van der Waals surface area contributed by atoms with Crippen molar-refractivity contribution in [3.8, 4) is 22.4 Å². The van der Waals surface area contributed by atoms with Crippen LogP contribution >= 0.6 is 0 Å². The molecular formula is C22H21N5. The molecule has 5 heteroatoms. The standard InChI is InChI=1S/C22H21N5/c1-27(15-21-11-12-23-16-24-21)14-20-13-25-26-22(20)19-9-7-18(8-10-19)17-5-3-2-4-6-17/h2-13,16H,14-15H2,1H3,(H,25,26). The minimum absolute atomic E-state index is 0.764. The Balaban J connectivity index is 1.50. The SMILES string of the molecule is CN(Cc1ccncn1)Cc1cn[nH]c1-c1ccc(-c2ccccc2)cc1. The fourth-order valence-electron chi connectivity index (χ4n) is 3.18. The molecule has 2 heterocycles. The van der Waals surface area contributed by atoms with Crippen molar-refractivity contribution in [3.63, 3.8) is 0 Å². The first kappa shape index (κ1) is 17.1. The minimum Gasteiger partial charge on any atom is -0.296 e. The summed E-state index contributed by atoms with van der Waals surface area (Å²) in [4.78, 5) is 10.5. The van der Waals surface area contributed by atoms with E-state index in [1.807, 2.05) is 18.3 Å². The van der Waals surface area contributed by atoms with Crippen LogP contribution in [0.2, 0.25) is 0 Å². The van der Waals surface area contributed by atoms with E-state index in [0.29, 0.717) is 0 Å². The molecule has 4 aromatic rings. The molecule has 0 aliphatic rings. The summed E-state index contributed by atoms with van der Waals surface area (Å²) < 4.78 is 0. The Hall–Kier alpha value is -3.31. The molecule has 0 aliphatic carbocycles. The number of aromatic nitrogens is 4. The Bertz CT molecular complexity index is 978. The lowest BCUT2D eigenvalue weighted by atomic mass is 10.0. The number of hydrogen-bond donors (Lipinski definition) is 1. The third kappa shape index (κ3) is 4.10. The van der Waals surface area contributed by atoms with E-state index < -0.39 is 0 Å². The topological polar surface area (TPSA) is 57.7 Å². The van der Waals surface area contributed by atoms with Crippen LogP contribution in [-0.2, 0) is 13.1 Å². The van der Waals surface area contributed by atoms with Crippen LogP contribution in [0, 0.1) is 0 Å². The zero-order valence-corrected chi connectivity index (χ0v) is 15.2. The number of aromatic amines is 1. The molecule has 0 aliphatic heterocycles. The maximum absolute atomic E-state index is 4.29. The van der Waals surface area contributed by atoms with Crippen LogP contribution in [0.25, 0.3) is 22.4 Å². The van der Waals surface area contributed by atoms with E-state index in [1.54, 1.807) is 12.5 Å². The van der Waals surface area contributed by atoms with Gasteiger partial charge in [0.2, 0.25) is 0 Å². The fraction of sp³-hybridized carbons (Fsp3) is 0.136. The van der Waals surface area contributed by atoms with Crippen molar-refractivity contribution in [2.45, 2.75) is 13.1 Å². The van der Waals surface area contributed by atoms with E-state index >= 15 is 0 Å². The second-order valence-electron chi connectivity index (χ2n) is 6.59. The van der Waals surface area contributed by atoms with Crippen molar-refractivity contribution < 1.29 is 0 Å². The van der Waals surface area contributed by atoms with Crippen molar-refractivity contribution in [1.82, 2.24) is 25.1 Å². The molecule has 0 saturated carbocycles. The molecule has 27 heavy (non-hydrogen) atoms. The maximum atomic E-state index is 4.29. The first-order valence-electron chi connectivity index (χ1n) is 8.91. The zero-order chi connectivity index (χ0) is 18.5. The normalized spacial score (nSPS) is 11.0. The summed E-state index contributed by atoms with van der Waals surface area (Å²) in [7, 11) is 2.08. The summed E-state index contributed by atoms with van der Waals surface area (Å²) in [6.45, 7) is 1.55.